The number of hydrogen-bond donors (Lipinski definition) is 2. The summed E-state index contributed by atoms with van der Waals surface area (Å²) in [7, 11) is 1.93. The number of benzene rings is 1. The summed E-state index contributed by atoms with van der Waals surface area (Å²) >= 11 is 0. The van der Waals surface area contributed by atoms with Gasteiger partial charge < -0.3 is 4.57 Å². The van der Waals surface area contributed by atoms with E-state index in [2.05, 4.69) is 5.43 Å². The zero-order valence-electron chi connectivity index (χ0n) is 10.7. The predicted molar refractivity (Wildman–Crippen MR) is 71.6 cm³/mol. The molecular formula is C14H15N3O2. The summed E-state index contributed by atoms with van der Waals surface area (Å²) < 4.78 is 2.02. The van der Waals surface area contributed by atoms with Crippen molar-refractivity contribution in [2.75, 3.05) is 0 Å². The van der Waals surface area contributed by atoms with Gasteiger partial charge in [-0.3, -0.25) is 15.0 Å². The average Bonchev–Trinajstić information content (AvgIpc) is 2.71. The molecule has 0 saturated heterocycles. The van der Waals surface area contributed by atoms with Crippen LogP contribution in [0.4, 0.5) is 0 Å². The Morgan fingerprint density at radius 1 is 1.37 bits per heavy atom. The Kier molecular flexibility index (Phi) is 2.64. The van der Waals surface area contributed by atoms with Crippen molar-refractivity contribution in [1.82, 2.24) is 9.99 Å². The highest BCUT2D eigenvalue weighted by atomic mass is 16.2. The molecule has 0 unspecified atom stereocenters. The van der Waals surface area contributed by atoms with Crippen LogP contribution in [-0.4, -0.2) is 16.3 Å². The number of para-hydroxylation sites is 1. The van der Waals surface area contributed by atoms with Gasteiger partial charge in [0, 0.05) is 31.0 Å². The highest BCUT2D eigenvalue weighted by Crippen LogP contribution is 2.32. The van der Waals surface area contributed by atoms with Gasteiger partial charge in [0.05, 0.1) is 11.1 Å². The lowest BCUT2D eigenvalue weighted by Gasteiger charge is -2.12. The van der Waals surface area contributed by atoms with E-state index in [0.29, 0.717) is 18.4 Å². The van der Waals surface area contributed by atoms with Gasteiger partial charge in [0.2, 0.25) is 0 Å². The third kappa shape index (κ3) is 1.66. The van der Waals surface area contributed by atoms with Gasteiger partial charge in [-0.2, -0.15) is 0 Å². The topological polar surface area (TPSA) is 77.1 Å². The number of Topliss-reactive ketones (excluding diaryl/α,β-unsaturated/α-hetero) is 1. The Morgan fingerprint density at radius 3 is 2.89 bits per heavy atom. The minimum absolute atomic E-state index is 0.258. The zero-order valence-corrected chi connectivity index (χ0v) is 10.7. The first-order valence-electron chi connectivity index (χ1n) is 6.25. The molecule has 1 aliphatic carbocycles. The number of nitrogens with zero attached hydrogens (tertiary/aromatic N) is 1. The number of carbonyl (C=O) groups excluding carboxylic acids is 2. The fourth-order valence-corrected chi connectivity index (χ4v) is 2.96. The number of nitrogens with one attached hydrogen (secondary N) is 1. The van der Waals surface area contributed by atoms with E-state index in [-0.39, 0.29) is 11.7 Å². The maximum Gasteiger partial charge on any atom is 0.267 e. The van der Waals surface area contributed by atoms with Gasteiger partial charge in [-0.1, -0.05) is 12.1 Å². The second kappa shape index (κ2) is 4.20. The van der Waals surface area contributed by atoms with Crippen molar-refractivity contribution in [1.29, 1.82) is 0 Å². The quantitative estimate of drug-likeness (QED) is 0.451. The number of hydrazine groups is 1. The third-order valence-corrected chi connectivity index (χ3v) is 3.84. The first kappa shape index (κ1) is 11.9. The van der Waals surface area contributed by atoms with Crippen molar-refractivity contribution in [3.63, 3.8) is 0 Å². The number of aromatic nitrogens is 1. The molecule has 0 bridgehead atoms. The van der Waals surface area contributed by atoms with Crippen molar-refractivity contribution >= 4 is 22.6 Å². The molecule has 0 atom stereocenters. The number of carbonyl (C=O) groups is 2. The molecule has 5 heteroatoms. The first-order valence-corrected chi connectivity index (χ1v) is 6.25. The lowest BCUT2D eigenvalue weighted by Crippen LogP contribution is -2.30. The smallest absolute Gasteiger partial charge is 0.267 e. The molecule has 1 amide bonds. The summed E-state index contributed by atoms with van der Waals surface area (Å²) in [6.07, 6.45) is 1.78. The van der Waals surface area contributed by atoms with Crippen molar-refractivity contribution in [2.24, 2.45) is 12.9 Å². The van der Waals surface area contributed by atoms with Crippen LogP contribution in [0.15, 0.2) is 18.2 Å². The van der Waals surface area contributed by atoms with Crippen molar-refractivity contribution in [2.45, 2.75) is 19.3 Å². The third-order valence-electron chi connectivity index (χ3n) is 3.84. The Morgan fingerprint density at radius 2 is 2.16 bits per heavy atom. The zero-order chi connectivity index (χ0) is 13.6. The molecule has 0 saturated carbocycles. The second-order valence-electron chi connectivity index (χ2n) is 4.87. The Hall–Kier alpha value is -2.14. The monoisotopic (exact) mass is 257 g/mol. The summed E-state index contributed by atoms with van der Waals surface area (Å²) in [5.41, 5.74) is 5.77. The van der Waals surface area contributed by atoms with E-state index in [1.54, 1.807) is 6.07 Å². The fraction of sp³-hybridized carbons (Fsp3) is 0.286. The lowest BCUT2D eigenvalue weighted by molar-refractivity contribution is -0.118. The van der Waals surface area contributed by atoms with Gasteiger partial charge in [-0.05, 0) is 18.1 Å². The van der Waals surface area contributed by atoms with Crippen molar-refractivity contribution in [3.05, 3.63) is 35.0 Å². The number of amides is 1. The van der Waals surface area contributed by atoms with Crippen LogP contribution in [0, 0.1) is 0 Å². The van der Waals surface area contributed by atoms with E-state index in [0.717, 1.165) is 28.6 Å². The lowest BCUT2D eigenvalue weighted by atomic mass is 9.94. The maximum absolute atomic E-state index is 11.8. The molecule has 98 valence electrons. The number of aryl methyl sites for hydroxylation is 1. The SMILES string of the molecule is Cn1c2c(c3cccc(C(=O)NN)c31)CC(=O)CC2. The Bertz CT molecular complexity index is 700. The molecule has 1 aromatic carbocycles. The Labute approximate surface area is 110 Å². The van der Waals surface area contributed by atoms with Gasteiger partial charge >= 0.3 is 0 Å². The van der Waals surface area contributed by atoms with Crippen LogP contribution in [0.5, 0.6) is 0 Å². The molecule has 1 aliphatic rings. The van der Waals surface area contributed by atoms with Crippen LogP contribution in [-0.2, 0) is 24.7 Å². The number of nitrogen functional groups attached to an aromatic ring is 1. The van der Waals surface area contributed by atoms with Crippen molar-refractivity contribution in [3.8, 4) is 0 Å². The van der Waals surface area contributed by atoms with Gasteiger partial charge in [0.1, 0.15) is 5.78 Å². The largest absolute Gasteiger partial charge is 0.347 e. The number of rotatable bonds is 1. The van der Waals surface area contributed by atoms with E-state index < -0.39 is 0 Å². The number of nitrogens with two attached hydrogens (primary N) is 1. The van der Waals surface area contributed by atoms with Gasteiger partial charge in [0.25, 0.3) is 5.91 Å². The molecule has 19 heavy (non-hydrogen) atoms. The summed E-state index contributed by atoms with van der Waals surface area (Å²) in [6.45, 7) is 0. The summed E-state index contributed by atoms with van der Waals surface area (Å²) in [5.74, 6) is 5.17. The highest BCUT2D eigenvalue weighted by Gasteiger charge is 2.24. The van der Waals surface area contributed by atoms with E-state index in [9.17, 15) is 9.59 Å². The van der Waals surface area contributed by atoms with E-state index >= 15 is 0 Å². The van der Waals surface area contributed by atoms with Crippen LogP contribution in [0.2, 0.25) is 0 Å². The molecule has 0 radical (unpaired) electrons. The molecule has 3 N–H and O–H groups in total. The van der Waals surface area contributed by atoms with Crippen LogP contribution in [0.25, 0.3) is 10.9 Å². The highest BCUT2D eigenvalue weighted by molar-refractivity contribution is 6.07. The van der Waals surface area contributed by atoms with Gasteiger partial charge in [0.15, 0.2) is 0 Å². The molecule has 1 heterocycles. The van der Waals surface area contributed by atoms with Crippen LogP contribution in [0.3, 0.4) is 0 Å². The molecule has 0 fully saturated rings. The minimum Gasteiger partial charge on any atom is -0.347 e. The van der Waals surface area contributed by atoms with Crippen LogP contribution in [0.1, 0.15) is 28.0 Å². The normalized spacial score (nSPS) is 14.5. The first-order chi connectivity index (χ1) is 9.13. The van der Waals surface area contributed by atoms with Crippen molar-refractivity contribution < 1.29 is 9.59 Å². The molecule has 1 aromatic heterocycles. The second-order valence-corrected chi connectivity index (χ2v) is 4.87. The summed E-state index contributed by atoms with van der Waals surface area (Å²) in [5, 5.41) is 0.978. The van der Waals surface area contributed by atoms with E-state index in [1.807, 2.05) is 23.7 Å². The summed E-state index contributed by atoms with van der Waals surface area (Å²) in [6, 6.07) is 5.53. The minimum atomic E-state index is -0.310. The van der Waals surface area contributed by atoms with Crippen LogP contribution >= 0.6 is 0 Å². The van der Waals surface area contributed by atoms with Crippen LogP contribution < -0.4 is 11.3 Å². The Balaban J connectivity index is 2.34. The average molecular weight is 257 g/mol. The summed E-state index contributed by atoms with van der Waals surface area (Å²) in [4.78, 5) is 23.5. The maximum atomic E-state index is 11.8. The number of ketones is 1. The molecule has 3 rings (SSSR count). The number of fused-ring (bicyclic) bond motifs is 3. The molecular weight excluding hydrogens is 242 g/mol. The standard InChI is InChI=1S/C14H15N3O2/c1-17-12-6-5-8(18)7-11(12)9-3-2-4-10(13(9)17)14(19)16-15/h2-4H,5-7,15H2,1H3,(H,16,19). The molecule has 0 aliphatic heterocycles. The molecule has 2 aromatic rings. The van der Waals surface area contributed by atoms with Gasteiger partial charge in [-0.25, -0.2) is 5.84 Å². The molecule has 5 nitrogen and oxygen atoms in total. The predicted octanol–water partition coefficient (Wildman–Crippen LogP) is 0.840. The van der Waals surface area contributed by atoms with E-state index in [1.165, 1.54) is 0 Å². The molecule has 0 spiro atoms. The number of hydrogen-bond acceptors (Lipinski definition) is 3. The van der Waals surface area contributed by atoms with E-state index in [4.69, 9.17) is 5.84 Å². The fourth-order valence-electron chi connectivity index (χ4n) is 2.96. The van der Waals surface area contributed by atoms with Gasteiger partial charge in [-0.15, -0.1) is 0 Å².